The second-order valence-corrected chi connectivity index (χ2v) is 6.29. The number of aliphatic hydroxyl groups excluding tert-OH is 1. The molecule has 0 saturated carbocycles. The van der Waals surface area contributed by atoms with E-state index < -0.39 is 6.10 Å². The normalized spacial score (nSPS) is 13.0. The molecule has 98 valence electrons. The molecule has 0 saturated heterocycles. The van der Waals surface area contributed by atoms with Gasteiger partial charge in [0, 0.05) is 34.2 Å². The molecule has 1 unspecified atom stereocenters. The number of halogens is 2. The van der Waals surface area contributed by atoms with E-state index in [9.17, 15) is 5.11 Å². The predicted molar refractivity (Wildman–Crippen MR) is 80.9 cm³/mol. The van der Waals surface area contributed by atoms with Crippen LogP contribution in [0.2, 0.25) is 5.02 Å². The van der Waals surface area contributed by atoms with Crippen molar-refractivity contribution in [2.75, 3.05) is 0 Å². The molecule has 1 atom stereocenters. The Morgan fingerprint density at radius 2 is 2.32 bits per heavy atom. The minimum atomic E-state index is -0.658. The monoisotopic (exact) mass is 356 g/mol. The van der Waals surface area contributed by atoms with Gasteiger partial charge in [-0.05, 0) is 22.0 Å². The van der Waals surface area contributed by atoms with Gasteiger partial charge in [0.25, 0.3) is 0 Å². The van der Waals surface area contributed by atoms with E-state index in [2.05, 4.69) is 20.9 Å². The summed E-state index contributed by atoms with van der Waals surface area (Å²) in [6.45, 7) is 0. The Morgan fingerprint density at radius 1 is 1.47 bits per heavy atom. The summed E-state index contributed by atoms with van der Waals surface area (Å²) in [7, 11) is 0. The van der Waals surface area contributed by atoms with Crippen LogP contribution in [0.4, 0.5) is 0 Å². The molecule has 3 rings (SSSR count). The van der Waals surface area contributed by atoms with Gasteiger partial charge in [-0.15, -0.1) is 11.3 Å². The average Bonchev–Trinajstić information content (AvgIpc) is 2.93. The van der Waals surface area contributed by atoms with Gasteiger partial charge in [0.1, 0.15) is 0 Å². The topological polar surface area (TPSA) is 37.5 Å². The summed E-state index contributed by atoms with van der Waals surface area (Å²) in [5.74, 6) is 0. The van der Waals surface area contributed by atoms with E-state index in [4.69, 9.17) is 11.6 Å². The fourth-order valence-corrected chi connectivity index (χ4v) is 3.31. The molecule has 1 N–H and O–H groups in total. The fraction of sp³-hybridized carbons (Fsp3) is 0.154. The first kappa shape index (κ1) is 13.1. The smallest absolute Gasteiger partial charge is 0.193 e. The summed E-state index contributed by atoms with van der Waals surface area (Å²) >= 11 is 11.1. The van der Waals surface area contributed by atoms with Crippen molar-refractivity contribution in [3.8, 4) is 0 Å². The number of aliphatic hydroxyl groups is 1. The Balaban J connectivity index is 1.86. The molecule has 3 nitrogen and oxygen atoms in total. The van der Waals surface area contributed by atoms with Crippen LogP contribution in [0.3, 0.4) is 0 Å². The Hall–Kier alpha value is -0.880. The van der Waals surface area contributed by atoms with Crippen molar-refractivity contribution >= 4 is 43.8 Å². The van der Waals surface area contributed by atoms with E-state index in [1.165, 1.54) is 0 Å². The van der Waals surface area contributed by atoms with Gasteiger partial charge in [0.2, 0.25) is 0 Å². The van der Waals surface area contributed by atoms with Crippen molar-refractivity contribution in [3.63, 3.8) is 0 Å². The molecule has 0 aliphatic rings. The van der Waals surface area contributed by atoms with Gasteiger partial charge in [-0.1, -0.05) is 23.7 Å². The lowest BCUT2D eigenvalue weighted by Crippen LogP contribution is -2.03. The molecule has 2 heterocycles. The van der Waals surface area contributed by atoms with E-state index >= 15 is 0 Å². The van der Waals surface area contributed by atoms with Crippen molar-refractivity contribution in [3.05, 3.63) is 56.7 Å². The third-order valence-electron chi connectivity index (χ3n) is 2.89. The first-order valence-electron chi connectivity index (χ1n) is 5.68. The number of aromatic nitrogens is 2. The number of hydrogen-bond acceptors (Lipinski definition) is 3. The number of benzene rings is 1. The van der Waals surface area contributed by atoms with Crippen molar-refractivity contribution < 1.29 is 5.11 Å². The molecule has 6 heteroatoms. The van der Waals surface area contributed by atoms with E-state index in [1.54, 1.807) is 11.3 Å². The van der Waals surface area contributed by atoms with Crippen LogP contribution >= 0.6 is 38.9 Å². The third-order valence-corrected chi connectivity index (χ3v) is 4.97. The molecule has 0 radical (unpaired) electrons. The number of hydrogen-bond donors (Lipinski definition) is 1. The first-order chi connectivity index (χ1) is 9.15. The lowest BCUT2D eigenvalue weighted by atomic mass is 10.1. The highest BCUT2D eigenvalue weighted by molar-refractivity contribution is 9.10. The van der Waals surface area contributed by atoms with Crippen molar-refractivity contribution in [1.82, 2.24) is 9.38 Å². The maximum atomic E-state index is 10.3. The average molecular weight is 358 g/mol. The molecule has 0 amide bonds. The second-order valence-electron chi connectivity index (χ2n) is 4.19. The van der Waals surface area contributed by atoms with Crippen LogP contribution in [0.1, 0.15) is 17.4 Å². The summed E-state index contributed by atoms with van der Waals surface area (Å²) in [6, 6.07) is 5.54. The number of rotatable bonds is 3. The van der Waals surface area contributed by atoms with Crippen LogP contribution in [-0.2, 0) is 6.42 Å². The van der Waals surface area contributed by atoms with Crippen LogP contribution < -0.4 is 0 Å². The van der Waals surface area contributed by atoms with Crippen LogP contribution in [0.25, 0.3) is 4.96 Å². The largest absolute Gasteiger partial charge is 0.388 e. The minimum Gasteiger partial charge on any atom is -0.388 e. The van der Waals surface area contributed by atoms with Gasteiger partial charge in [-0.25, -0.2) is 4.98 Å². The Labute approximate surface area is 127 Å². The number of nitrogens with zero attached hydrogens (tertiary/aromatic N) is 2. The zero-order valence-corrected chi connectivity index (χ0v) is 12.9. The molecular formula is C13H10BrClN2OS. The predicted octanol–water partition coefficient (Wildman–Crippen LogP) is 4.09. The van der Waals surface area contributed by atoms with Crippen molar-refractivity contribution in [2.24, 2.45) is 0 Å². The Morgan fingerprint density at radius 3 is 3.11 bits per heavy atom. The molecule has 3 aromatic rings. The zero-order valence-electron chi connectivity index (χ0n) is 9.75. The molecule has 0 spiro atoms. The molecule has 2 aromatic heterocycles. The SMILES string of the molecule is OC(Cc1cn2ccsc2n1)c1cccc(Br)c1Cl. The molecule has 1 aromatic carbocycles. The van der Waals surface area contributed by atoms with Gasteiger partial charge in [-0.2, -0.15) is 0 Å². The molecule has 19 heavy (non-hydrogen) atoms. The molecule has 0 aliphatic heterocycles. The van der Waals surface area contributed by atoms with E-state index in [0.29, 0.717) is 17.0 Å². The highest BCUT2D eigenvalue weighted by atomic mass is 79.9. The summed E-state index contributed by atoms with van der Waals surface area (Å²) < 4.78 is 2.74. The Kier molecular flexibility index (Phi) is 3.62. The molecule has 0 aliphatic carbocycles. The van der Waals surface area contributed by atoms with Crippen LogP contribution in [0.5, 0.6) is 0 Å². The van der Waals surface area contributed by atoms with E-state index in [0.717, 1.165) is 15.1 Å². The van der Waals surface area contributed by atoms with E-state index in [1.807, 2.05) is 40.4 Å². The molecular weight excluding hydrogens is 348 g/mol. The van der Waals surface area contributed by atoms with E-state index in [-0.39, 0.29) is 0 Å². The molecule has 0 bridgehead atoms. The Bertz CT molecular complexity index is 696. The number of imidazole rings is 1. The second kappa shape index (κ2) is 5.25. The van der Waals surface area contributed by atoms with Crippen LogP contribution in [-0.4, -0.2) is 14.5 Å². The minimum absolute atomic E-state index is 0.449. The first-order valence-corrected chi connectivity index (χ1v) is 7.73. The van der Waals surface area contributed by atoms with Gasteiger partial charge >= 0.3 is 0 Å². The fourth-order valence-electron chi connectivity index (χ4n) is 1.96. The van der Waals surface area contributed by atoms with Crippen LogP contribution in [0, 0.1) is 0 Å². The lowest BCUT2D eigenvalue weighted by Gasteiger charge is -2.12. The quantitative estimate of drug-likeness (QED) is 0.766. The highest BCUT2D eigenvalue weighted by Gasteiger charge is 2.15. The standard InChI is InChI=1S/C13H10BrClN2OS/c14-10-3-1-2-9(12(10)15)11(18)6-8-7-17-4-5-19-13(17)16-8/h1-5,7,11,18H,6H2. The zero-order chi connectivity index (χ0) is 13.4. The summed E-state index contributed by atoms with van der Waals surface area (Å²) in [5, 5.41) is 12.8. The summed E-state index contributed by atoms with van der Waals surface area (Å²) in [4.78, 5) is 5.39. The lowest BCUT2D eigenvalue weighted by molar-refractivity contribution is 0.177. The van der Waals surface area contributed by atoms with Crippen molar-refractivity contribution in [1.29, 1.82) is 0 Å². The third kappa shape index (κ3) is 2.56. The van der Waals surface area contributed by atoms with Gasteiger partial charge in [0.15, 0.2) is 4.96 Å². The molecule has 0 fully saturated rings. The summed E-state index contributed by atoms with van der Waals surface area (Å²) in [5.41, 5.74) is 1.57. The van der Waals surface area contributed by atoms with Crippen LogP contribution in [0.15, 0.2) is 40.4 Å². The maximum absolute atomic E-state index is 10.3. The van der Waals surface area contributed by atoms with Gasteiger partial charge < -0.3 is 5.11 Å². The highest BCUT2D eigenvalue weighted by Crippen LogP contribution is 2.31. The number of thiazole rings is 1. The van der Waals surface area contributed by atoms with Gasteiger partial charge in [0.05, 0.1) is 16.8 Å². The maximum Gasteiger partial charge on any atom is 0.193 e. The van der Waals surface area contributed by atoms with Gasteiger partial charge in [-0.3, -0.25) is 4.40 Å². The number of fused-ring (bicyclic) bond motifs is 1. The summed E-state index contributed by atoms with van der Waals surface area (Å²) in [6.07, 6.45) is 3.68. The van der Waals surface area contributed by atoms with Crippen molar-refractivity contribution in [2.45, 2.75) is 12.5 Å².